The lowest BCUT2D eigenvalue weighted by atomic mass is 10.3. The van der Waals surface area contributed by atoms with Crippen LogP contribution in [0.5, 0.6) is 0 Å². The van der Waals surface area contributed by atoms with Crippen LogP contribution in [0.4, 0.5) is 0 Å². The highest BCUT2D eigenvalue weighted by Crippen LogP contribution is 2.05. The van der Waals surface area contributed by atoms with Crippen LogP contribution in [0.15, 0.2) is 0 Å². The maximum Gasteiger partial charge on any atom is 0.323 e. The fraction of sp³-hybridized carbons (Fsp3) is 0.750. The molecule has 1 rings (SSSR count). The number of nitrogens with zero attached hydrogens (tertiary/aromatic N) is 1. The summed E-state index contributed by atoms with van der Waals surface area (Å²) < 4.78 is 5.34. The molecule has 1 aliphatic heterocycles. The van der Waals surface area contributed by atoms with Gasteiger partial charge in [0.15, 0.2) is 0 Å². The molecule has 0 saturated carbocycles. The smallest absolute Gasteiger partial charge is 0.323 e. The lowest BCUT2D eigenvalue weighted by molar-refractivity contribution is -0.146. The number of nitrogens with one attached hydrogen (secondary N) is 1. The van der Waals surface area contributed by atoms with Gasteiger partial charge in [0.25, 0.3) is 0 Å². The molecule has 1 heterocycles. The van der Waals surface area contributed by atoms with Crippen LogP contribution < -0.4 is 11.3 Å². The second-order valence-corrected chi connectivity index (χ2v) is 3.26. The maximum atomic E-state index is 11.4. The summed E-state index contributed by atoms with van der Waals surface area (Å²) >= 11 is 0. The van der Waals surface area contributed by atoms with E-state index in [1.54, 1.807) is 0 Å². The van der Waals surface area contributed by atoms with Gasteiger partial charge in [-0.15, -0.1) is 0 Å². The van der Waals surface area contributed by atoms with Crippen LogP contribution in [0.2, 0.25) is 0 Å². The SMILES string of the molecule is CC1CN(C(=O)C(=O)NN)CCCO1. The van der Waals surface area contributed by atoms with Crippen molar-refractivity contribution >= 4 is 11.8 Å². The Morgan fingerprint density at radius 3 is 2.93 bits per heavy atom. The highest BCUT2D eigenvalue weighted by Gasteiger charge is 2.24. The topological polar surface area (TPSA) is 84.7 Å². The number of hydrogen-bond donors (Lipinski definition) is 2. The summed E-state index contributed by atoms with van der Waals surface area (Å²) in [5, 5.41) is 0. The summed E-state index contributed by atoms with van der Waals surface area (Å²) in [4.78, 5) is 23.8. The van der Waals surface area contributed by atoms with Crippen molar-refractivity contribution in [3.05, 3.63) is 0 Å². The average molecular weight is 201 g/mol. The highest BCUT2D eigenvalue weighted by molar-refractivity contribution is 6.34. The Morgan fingerprint density at radius 1 is 1.57 bits per heavy atom. The van der Waals surface area contributed by atoms with Gasteiger partial charge in [0.05, 0.1) is 6.10 Å². The van der Waals surface area contributed by atoms with E-state index >= 15 is 0 Å². The van der Waals surface area contributed by atoms with Crippen LogP contribution in [-0.2, 0) is 14.3 Å². The van der Waals surface area contributed by atoms with E-state index in [1.165, 1.54) is 4.90 Å². The van der Waals surface area contributed by atoms with Gasteiger partial charge in [-0.2, -0.15) is 0 Å². The van der Waals surface area contributed by atoms with Gasteiger partial charge in [-0.25, -0.2) is 5.84 Å². The molecule has 1 saturated heterocycles. The molecule has 1 fully saturated rings. The molecule has 1 unspecified atom stereocenters. The van der Waals surface area contributed by atoms with E-state index in [-0.39, 0.29) is 6.10 Å². The van der Waals surface area contributed by atoms with Crippen LogP contribution in [0, 0.1) is 0 Å². The average Bonchev–Trinajstić information content (AvgIpc) is 2.40. The van der Waals surface area contributed by atoms with Crippen molar-refractivity contribution < 1.29 is 14.3 Å². The van der Waals surface area contributed by atoms with Crippen molar-refractivity contribution in [2.45, 2.75) is 19.4 Å². The van der Waals surface area contributed by atoms with Crippen molar-refractivity contribution in [1.82, 2.24) is 10.3 Å². The number of rotatable bonds is 0. The molecule has 0 radical (unpaired) electrons. The molecular weight excluding hydrogens is 186 g/mol. The second kappa shape index (κ2) is 4.92. The molecule has 3 N–H and O–H groups in total. The number of ether oxygens (including phenoxy) is 1. The van der Waals surface area contributed by atoms with E-state index in [0.717, 1.165) is 6.42 Å². The molecule has 0 aromatic rings. The third-order valence-electron chi connectivity index (χ3n) is 2.06. The number of nitrogens with two attached hydrogens (primary N) is 1. The Labute approximate surface area is 82.3 Å². The van der Waals surface area contributed by atoms with Crippen LogP contribution in [-0.4, -0.2) is 42.5 Å². The number of hydrogen-bond acceptors (Lipinski definition) is 4. The first-order valence-electron chi connectivity index (χ1n) is 4.56. The molecule has 14 heavy (non-hydrogen) atoms. The molecular formula is C8H15N3O3. The number of hydrazine groups is 1. The molecule has 0 spiro atoms. The fourth-order valence-electron chi connectivity index (χ4n) is 1.38. The lowest BCUT2D eigenvalue weighted by Crippen LogP contribution is -2.47. The zero-order chi connectivity index (χ0) is 10.6. The summed E-state index contributed by atoms with van der Waals surface area (Å²) in [6.45, 7) is 3.46. The van der Waals surface area contributed by atoms with Gasteiger partial charge in [-0.1, -0.05) is 0 Å². The van der Waals surface area contributed by atoms with Crippen LogP contribution in [0.3, 0.4) is 0 Å². The second-order valence-electron chi connectivity index (χ2n) is 3.26. The Kier molecular flexibility index (Phi) is 3.84. The molecule has 0 aliphatic carbocycles. The largest absolute Gasteiger partial charge is 0.377 e. The number of carbonyl (C=O) groups is 2. The van der Waals surface area contributed by atoms with E-state index in [4.69, 9.17) is 10.6 Å². The summed E-state index contributed by atoms with van der Waals surface area (Å²) in [6.07, 6.45) is 0.709. The van der Waals surface area contributed by atoms with E-state index in [2.05, 4.69) is 0 Å². The third-order valence-corrected chi connectivity index (χ3v) is 2.06. The van der Waals surface area contributed by atoms with Crippen LogP contribution in [0.25, 0.3) is 0 Å². The first-order chi connectivity index (χ1) is 6.65. The molecule has 1 aliphatic rings. The van der Waals surface area contributed by atoms with Gasteiger partial charge in [0.2, 0.25) is 0 Å². The number of carbonyl (C=O) groups excluding carboxylic acids is 2. The van der Waals surface area contributed by atoms with Gasteiger partial charge < -0.3 is 9.64 Å². The van der Waals surface area contributed by atoms with Gasteiger partial charge in [-0.05, 0) is 13.3 Å². The molecule has 2 amide bonds. The third kappa shape index (κ3) is 2.68. The predicted molar refractivity (Wildman–Crippen MR) is 48.9 cm³/mol. The monoisotopic (exact) mass is 201 g/mol. The zero-order valence-corrected chi connectivity index (χ0v) is 8.16. The van der Waals surface area contributed by atoms with Gasteiger partial charge in [0.1, 0.15) is 0 Å². The highest BCUT2D eigenvalue weighted by atomic mass is 16.5. The Morgan fingerprint density at radius 2 is 2.29 bits per heavy atom. The zero-order valence-electron chi connectivity index (χ0n) is 8.16. The Balaban J connectivity index is 2.57. The van der Waals surface area contributed by atoms with Crippen molar-refractivity contribution in [3.63, 3.8) is 0 Å². The van der Waals surface area contributed by atoms with E-state index in [0.29, 0.717) is 19.7 Å². The molecule has 1 atom stereocenters. The minimum Gasteiger partial charge on any atom is -0.377 e. The van der Waals surface area contributed by atoms with E-state index < -0.39 is 11.8 Å². The van der Waals surface area contributed by atoms with Gasteiger partial charge >= 0.3 is 11.8 Å². The standard InChI is InChI=1S/C8H15N3O3/c1-6-5-11(3-2-4-14-6)8(13)7(12)10-9/h6H,2-5,9H2,1H3,(H,10,12). The van der Waals surface area contributed by atoms with Gasteiger partial charge in [0, 0.05) is 19.7 Å². The summed E-state index contributed by atoms with van der Waals surface area (Å²) in [5.41, 5.74) is 1.83. The minimum atomic E-state index is -0.779. The minimum absolute atomic E-state index is 0.0352. The lowest BCUT2D eigenvalue weighted by Gasteiger charge is -2.20. The summed E-state index contributed by atoms with van der Waals surface area (Å²) in [6, 6.07) is 0. The molecule has 6 heteroatoms. The van der Waals surface area contributed by atoms with Gasteiger partial charge in [-0.3, -0.25) is 15.0 Å². The predicted octanol–water partition coefficient (Wildman–Crippen LogP) is -1.39. The van der Waals surface area contributed by atoms with E-state index in [9.17, 15) is 9.59 Å². The first kappa shape index (κ1) is 10.9. The quantitative estimate of drug-likeness (QED) is 0.219. The maximum absolute atomic E-state index is 11.4. The van der Waals surface area contributed by atoms with Crippen LogP contribution in [0.1, 0.15) is 13.3 Å². The summed E-state index contributed by atoms with van der Waals surface area (Å²) in [5.74, 6) is 3.50. The fourth-order valence-corrected chi connectivity index (χ4v) is 1.38. The van der Waals surface area contributed by atoms with Crippen molar-refractivity contribution in [3.8, 4) is 0 Å². The summed E-state index contributed by atoms with van der Waals surface area (Å²) in [7, 11) is 0. The molecule has 0 aromatic heterocycles. The Bertz CT molecular complexity index is 232. The van der Waals surface area contributed by atoms with Crippen molar-refractivity contribution in [2.24, 2.45) is 5.84 Å². The molecule has 6 nitrogen and oxygen atoms in total. The van der Waals surface area contributed by atoms with Crippen molar-refractivity contribution in [2.75, 3.05) is 19.7 Å². The normalized spacial score (nSPS) is 22.7. The van der Waals surface area contributed by atoms with Crippen LogP contribution >= 0.6 is 0 Å². The molecule has 80 valence electrons. The molecule has 0 bridgehead atoms. The van der Waals surface area contributed by atoms with Crippen molar-refractivity contribution in [1.29, 1.82) is 0 Å². The van der Waals surface area contributed by atoms with E-state index in [1.807, 2.05) is 12.3 Å². The first-order valence-corrected chi connectivity index (χ1v) is 4.56. The number of amides is 2. The Hall–Kier alpha value is -1.14. The molecule has 0 aromatic carbocycles.